The van der Waals surface area contributed by atoms with Crippen LogP contribution in [0.5, 0.6) is 5.75 Å². The van der Waals surface area contributed by atoms with Gasteiger partial charge in [0.25, 0.3) is 0 Å². The SMILES string of the molecule is CN=C(NCC1CC1)NCC1Cc2ccccc2O1. The molecule has 19 heavy (non-hydrogen) atoms. The van der Waals surface area contributed by atoms with Gasteiger partial charge < -0.3 is 15.4 Å². The summed E-state index contributed by atoms with van der Waals surface area (Å²) in [6.45, 7) is 1.82. The molecule has 2 N–H and O–H groups in total. The number of ether oxygens (including phenoxy) is 1. The Morgan fingerprint density at radius 2 is 2.05 bits per heavy atom. The van der Waals surface area contributed by atoms with E-state index in [0.29, 0.717) is 0 Å². The normalized spacial score (nSPS) is 21.7. The molecule has 0 spiro atoms. The van der Waals surface area contributed by atoms with Crippen molar-refractivity contribution in [2.75, 3.05) is 20.1 Å². The third kappa shape index (κ3) is 3.19. The van der Waals surface area contributed by atoms with Crippen LogP contribution in [0.25, 0.3) is 0 Å². The number of hydrogen-bond acceptors (Lipinski definition) is 2. The molecular weight excluding hydrogens is 238 g/mol. The van der Waals surface area contributed by atoms with Gasteiger partial charge in [0.2, 0.25) is 0 Å². The fourth-order valence-electron chi connectivity index (χ4n) is 2.36. The lowest BCUT2D eigenvalue weighted by atomic mass is 10.1. The van der Waals surface area contributed by atoms with E-state index >= 15 is 0 Å². The summed E-state index contributed by atoms with van der Waals surface area (Å²) in [5.41, 5.74) is 1.30. The van der Waals surface area contributed by atoms with Crippen LogP contribution in [0, 0.1) is 5.92 Å². The molecule has 1 atom stereocenters. The zero-order chi connectivity index (χ0) is 13.1. The quantitative estimate of drug-likeness (QED) is 0.637. The molecule has 3 rings (SSSR count). The van der Waals surface area contributed by atoms with Gasteiger partial charge in [0.15, 0.2) is 5.96 Å². The first kappa shape index (κ1) is 12.3. The molecule has 1 aliphatic carbocycles. The lowest BCUT2D eigenvalue weighted by Crippen LogP contribution is -2.42. The Hall–Kier alpha value is -1.71. The monoisotopic (exact) mass is 259 g/mol. The van der Waals surface area contributed by atoms with Crippen LogP contribution in [-0.4, -0.2) is 32.2 Å². The topological polar surface area (TPSA) is 45.7 Å². The van der Waals surface area contributed by atoms with E-state index < -0.39 is 0 Å². The lowest BCUT2D eigenvalue weighted by molar-refractivity contribution is 0.235. The second-order valence-corrected chi connectivity index (χ2v) is 5.33. The Bertz CT molecular complexity index is 443. The van der Waals surface area contributed by atoms with Crippen molar-refractivity contribution in [1.29, 1.82) is 0 Å². The van der Waals surface area contributed by atoms with Crippen LogP contribution in [0.2, 0.25) is 0 Å². The summed E-state index contributed by atoms with van der Waals surface area (Å²) >= 11 is 0. The minimum atomic E-state index is 0.205. The molecule has 0 aromatic heterocycles. The third-order valence-corrected chi connectivity index (χ3v) is 3.69. The summed E-state index contributed by atoms with van der Waals surface area (Å²) in [5, 5.41) is 6.70. The van der Waals surface area contributed by atoms with Gasteiger partial charge in [-0.1, -0.05) is 18.2 Å². The maximum Gasteiger partial charge on any atom is 0.191 e. The van der Waals surface area contributed by atoms with Crippen molar-refractivity contribution in [3.63, 3.8) is 0 Å². The van der Waals surface area contributed by atoms with Crippen LogP contribution >= 0.6 is 0 Å². The molecule has 0 bridgehead atoms. The molecule has 4 heteroatoms. The standard InChI is InChI=1S/C15H21N3O/c1-16-15(17-9-11-6-7-11)18-10-13-8-12-4-2-3-5-14(12)19-13/h2-5,11,13H,6-10H2,1H3,(H2,16,17,18). The second kappa shape index (κ2) is 5.51. The highest BCUT2D eigenvalue weighted by atomic mass is 16.5. The van der Waals surface area contributed by atoms with Gasteiger partial charge in [-0.15, -0.1) is 0 Å². The number of para-hydroxylation sites is 1. The molecule has 1 aromatic carbocycles. The van der Waals surface area contributed by atoms with Gasteiger partial charge in [-0.2, -0.15) is 0 Å². The summed E-state index contributed by atoms with van der Waals surface area (Å²) in [6, 6.07) is 8.25. The Balaban J connectivity index is 1.45. The van der Waals surface area contributed by atoms with Gasteiger partial charge in [0.05, 0.1) is 6.54 Å². The average molecular weight is 259 g/mol. The molecule has 102 valence electrons. The number of nitrogens with zero attached hydrogens (tertiary/aromatic N) is 1. The molecule has 0 radical (unpaired) electrons. The van der Waals surface area contributed by atoms with Crippen molar-refractivity contribution in [3.8, 4) is 5.75 Å². The second-order valence-electron chi connectivity index (χ2n) is 5.33. The highest BCUT2D eigenvalue weighted by Gasteiger charge is 2.23. The first-order valence-corrected chi connectivity index (χ1v) is 7.04. The summed E-state index contributed by atoms with van der Waals surface area (Å²) in [6.07, 6.45) is 3.88. The van der Waals surface area contributed by atoms with E-state index in [1.165, 1.54) is 18.4 Å². The smallest absolute Gasteiger partial charge is 0.191 e. The fourth-order valence-corrected chi connectivity index (χ4v) is 2.36. The van der Waals surface area contributed by atoms with E-state index in [1.54, 1.807) is 0 Å². The third-order valence-electron chi connectivity index (χ3n) is 3.69. The minimum Gasteiger partial charge on any atom is -0.488 e. The highest BCUT2D eigenvalue weighted by Crippen LogP contribution is 2.28. The van der Waals surface area contributed by atoms with E-state index in [1.807, 2.05) is 19.2 Å². The largest absolute Gasteiger partial charge is 0.488 e. The van der Waals surface area contributed by atoms with Gasteiger partial charge in [-0.25, -0.2) is 0 Å². The van der Waals surface area contributed by atoms with Gasteiger partial charge in [0.1, 0.15) is 11.9 Å². The molecule has 4 nitrogen and oxygen atoms in total. The van der Waals surface area contributed by atoms with E-state index in [-0.39, 0.29) is 6.10 Å². The number of aliphatic imine (C=N–C) groups is 1. The molecule has 1 unspecified atom stereocenters. The van der Waals surface area contributed by atoms with Crippen LogP contribution in [-0.2, 0) is 6.42 Å². The number of guanidine groups is 1. The molecule has 1 aromatic rings. The van der Waals surface area contributed by atoms with Crippen LogP contribution in [0.15, 0.2) is 29.3 Å². The van der Waals surface area contributed by atoms with E-state index in [9.17, 15) is 0 Å². The Labute approximate surface area is 114 Å². The lowest BCUT2D eigenvalue weighted by Gasteiger charge is -2.15. The van der Waals surface area contributed by atoms with Gasteiger partial charge in [-0.3, -0.25) is 4.99 Å². The predicted octanol–water partition coefficient (Wildman–Crippen LogP) is 1.57. The van der Waals surface area contributed by atoms with Crippen molar-refractivity contribution in [2.45, 2.75) is 25.4 Å². The molecule has 1 aliphatic heterocycles. The molecule has 2 aliphatic rings. The van der Waals surface area contributed by atoms with Gasteiger partial charge in [0, 0.05) is 20.0 Å². The van der Waals surface area contributed by atoms with Crippen molar-refractivity contribution in [1.82, 2.24) is 10.6 Å². The summed E-state index contributed by atoms with van der Waals surface area (Å²) in [4.78, 5) is 4.24. The van der Waals surface area contributed by atoms with Crippen molar-refractivity contribution in [2.24, 2.45) is 10.9 Å². The van der Waals surface area contributed by atoms with Gasteiger partial charge >= 0.3 is 0 Å². The number of fused-ring (bicyclic) bond motifs is 1. The van der Waals surface area contributed by atoms with E-state index in [0.717, 1.165) is 37.1 Å². The summed E-state index contributed by atoms with van der Waals surface area (Å²) in [5.74, 6) is 2.76. The Morgan fingerprint density at radius 3 is 2.79 bits per heavy atom. The fraction of sp³-hybridized carbons (Fsp3) is 0.533. The number of benzene rings is 1. The number of hydrogen-bond donors (Lipinski definition) is 2. The predicted molar refractivity (Wildman–Crippen MR) is 76.7 cm³/mol. The molecule has 1 fully saturated rings. The van der Waals surface area contributed by atoms with Gasteiger partial charge in [-0.05, 0) is 30.4 Å². The zero-order valence-corrected chi connectivity index (χ0v) is 11.4. The minimum absolute atomic E-state index is 0.205. The van der Waals surface area contributed by atoms with Crippen molar-refractivity contribution in [3.05, 3.63) is 29.8 Å². The molecule has 0 amide bonds. The molecule has 0 saturated heterocycles. The molecular formula is C15H21N3O. The molecule has 1 saturated carbocycles. The average Bonchev–Trinajstić information content (AvgIpc) is 3.17. The maximum absolute atomic E-state index is 5.89. The maximum atomic E-state index is 5.89. The summed E-state index contributed by atoms with van der Waals surface area (Å²) < 4.78 is 5.89. The first-order valence-electron chi connectivity index (χ1n) is 7.04. The van der Waals surface area contributed by atoms with E-state index in [4.69, 9.17) is 4.74 Å². The van der Waals surface area contributed by atoms with Crippen LogP contribution in [0.3, 0.4) is 0 Å². The van der Waals surface area contributed by atoms with E-state index in [2.05, 4.69) is 27.8 Å². The number of rotatable bonds is 4. The highest BCUT2D eigenvalue weighted by molar-refractivity contribution is 5.79. The molecule has 1 heterocycles. The Morgan fingerprint density at radius 1 is 1.26 bits per heavy atom. The summed E-state index contributed by atoms with van der Waals surface area (Å²) in [7, 11) is 1.81. The zero-order valence-electron chi connectivity index (χ0n) is 11.4. The number of nitrogens with one attached hydrogen (secondary N) is 2. The van der Waals surface area contributed by atoms with Crippen molar-refractivity contribution >= 4 is 5.96 Å². The van der Waals surface area contributed by atoms with Crippen LogP contribution in [0.4, 0.5) is 0 Å². The first-order chi connectivity index (χ1) is 9.35. The Kier molecular flexibility index (Phi) is 3.58. The van der Waals surface area contributed by atoms with Crippen LogP contribution in [0.1, 0.15) is 18.4 Å². The van der Waals surface area contributed by atoms with Crippen molar-refractivity contribution < 1.29 is 4.74 Å². The van der Waals surface area contributed by atoms with Crippen LogP contribution < -0.4 is 15.4 Å².